The standard InChI is InChI=1S/C18H19NO5/c1-3-22-16-12-13(18(21)23-4-2)7-9-15(16)19-17(20)10-8-14-6-5-11-24-14/h5-12H,3-4H2,1-2H3,(H,19,20)/b10-8+. The van der Waals surface area contributed by atoms with Crippen LogP contribution in [0.15, 0.2) is 47.1 Å². The first-order valence-corrected chi connectivity index (χ1v) is 7.60. The zero-order valence-corrected chi connectivity index (χ0v) is 13.6. The number of rotatable bonds is 7. The van der Waals surface area contributed by atoms with Gasteiger partial charge in [-0.1, -0.05) is 0 Å². The van der Waals surface area contributed by atoms with Crippen molar-refractivity contribution in [3.05, 3.63) is 54.0 Å². The van der Waals surface area contributed by atoms with Gasteiger partial charge >= 0.3 is 5.97 Å². The van der Waals surface area contributed by atoms with Gasteiger partial charge in [0, 0.05) is 6.08 Å². The summed E-state index contributed by atoms with van der Waals surface area (Å²) in [6.07, 6.45) is 4.44. The second kappa shape index (κ2) is 8.57. The van der Waals surface area contributed by atoms with Crippen LogP contribution >= 0.6 is 0 Å². The van der Waals surface area contributed by atoms with E-state index < -0.39 is 5.97 Å². The van der Waals surface area contributed by atoms with E-state index in [-0.39, 0.29) is 5.91 Å². The number of ether oxygens (including phenoxy) is 2. The predicted molar refractivity (Wildman–Crippen MR) is 89.9 cm³/mol. The van der Waals surface area contributed by atoms with Crippen molar-refractivity contribution in [2.75, 3.05) is 18.5 Å². The van der Waals surface area contributed by atoms with Gasteiger partial charge in [-0.2, -0.15) is 0 Å². The van der Waals surface area contributed by atoms with Crippen LogP contribution in [0.5, 0.6) is 5.75 Å². The Morgan fingerprint density at radius 2 is 2.04 bits per heavy atom. The highest BCUT2D eigenvalue weighted by Gasteiger charge is 2.12. The third kappa shape index (κ3) is 4.74. The number of hydrogen-bond acceptors (Lipinski definition) is 5. The van der Waals surface area contributed by atoms with Crippen LogP contribution in [0.4, 0.5) is 5.69 Å². The first-order chi connectivity index (χ1) is 11.6. The average molecular weight is 329 g/mol. The van der Waals surface area contributed by atoms with E-state index in [1.165, 1.54) is 12.3 Å². The molecule has 24 heavy (non-hydrogen) atoms. The molecule has 1 N–H and O–H groups in total. The number of benzene rings is 1. The third-order valence-electron chi connectivity index (χ3n) is 2.99. The summed E-state index contributed by atoms with van der Waals surface area (Å²) in [6.45, 7) is 4.25. The molecule has 0 radical (unpaired) electrons. The lowest BCUT2D eigenvalue weighted by Gasteiger charge is -2.12. The Balaban J connectivity index is 2.13. The smallest absolute Gasteiger partial charge is 0.338 e. The van der Waals surface area contributed by atoms with Gasteiger partial charge in [0.15, 0.2) is 0 Å². The molecule has 0 unspecified atom stereocenters. The van der Waals surface area contributed by atoms with Crippen LogP contribution in [0.3, 0.4) is 0 Å². The fourth-order valence-corrected chi connectivity index (χ4v) is 1.96. The lowest BCUT2D eigenvalue weighted by atomic mass is 10.2. The topological polar surface area (TPSA) is 77.8 Å². The molecule has 0 spiro atoms. The minimum atomic E-state index is -0.436. The molecule has 0 saturated heterocycles. The number of amides is 1. The molecule has 1 amide bonds. The van der Waals surface area contributed by atoms with Crippen LogP contribution in [0.2, 0.25) is 0 Å². The summed E-state index contributed by atoms with van der Waals surface area (Å²) in [5.74, 6) is 0.209. The summed E-state index contributed by atoms with van der Waals surface area (Å²) in [7, 11) is 0. The van der Waals surface area contributed by atoms with Crippen molar-refractivity contribution in [3.63, 3.8) is 0 Å². The summed E-state index contributed by atoms with van der Waals surface area (Å²) < 4.78 is 15.6. The number of carbonyl (C=O) groups is 2. The normalized spacial score (nSPS) is 10.6. The van der Waals surface area contributed by atoms with Gasteiger partial charge in [0.05, 0.1) is 30.7 Å². The first-order valence-electron chi connectivity index (χ1n) is 7.60. The lowest BCUT2D eigenvalue weighted by Crippen LogP contribution is -2.11. The van der Waals surface area contributed by atoms with Crippen molar-refractivity contribution in [1.82, 2.24) is 0 Å². The fourth-order valence-electron chi connectivity index (χ4n) is 1.96. The predicted octanol–water partition coefficient (Wildman–Crippen LogP) is 3.51. The monoisotopic (exact) mass is 329 g/mol. The molecular formula is C18H19NO5. The van der Waals surface area contributed by atoms with Crippen LogP contribution in [-0.4, -0.2) is 25.1 Å². The SMILES string of the molecule is CCOC(=O)c1ccc(NC(=O)/C=C/c2ccco2)c(OCC)c1. The molecule has 0 saturated carbocycles. The lowest BCUT2D eigenvalue weighted by molar-refractivity contribution is -0.111. The highest BCUT2D eigenvalue weighted by atomic mass is 16.5. The third-order valence-corrected chi connectivity index (χ3v) is 2.99. The van der Waals surface area contributed by atoms with E-state index in [0.717, 1.165) is 0 Å². The van der Waals surface area contributed by atoms with E-state index in [4.69, 9.17) is 13.9 Å². The van der Waals surface area contributed by atoms with E-state index in [2.05, 4.69) is 5.32 Å². The van der Waals surface area contributed by atoms with Gasteiger partial charge in [-0.25, -0.2) is 4.79 Å². The average Bonchev–Trinajstić information content (AvgIpc) is 3.08. The van der Waals surface area contributed by atoms with E-state index >= 15 is 0 Å². The van der Waals surface area contributed by atoms with Crippen molar-refractivity contribution < 1.29 is 23.5 Å². The molecule has 6 nitrogen and oxygen atoms in total. The molecule has 126 valence electrons. The summed E-state index contributed by atoms with van der Waals surface area (Å²) in [5.41, 5.74) is 0.836. The summed E-state index contributed by atoms with van der Waals surface area (Å²) in [5, 5.41) is 2.71. The van der Waals surface area contributed by atoms with Gasteiger partial charge in [-0.3, -0.25) is 4.79 Å². The number of furan rings is 1. The maximum Gasteiger partial charge on any atom is 0.338 e. The van der Waals surface area contributed by atoms with Crippen LogP contribution in [0, 0.1) is 0 Å². The minimum absolute atomic E-state index is 0.291. The summed E-state index contributed by atoms with van der Waals surface area (Å²) in [4.78, 5) is 23.8. The zero-order chi connectivity index (χ0) is 17.4. The van der Waals surface area contributed by atoms with Crippen molar-refractivity contribution in [2.45, 2.75) is 13.8 Å². The number of carbonyl (C=O) groups excluding carboxylic acids is 2. The Morgan fingerprint density at radius 3 is 2.71 bits per heavy atom. The van der Waals surface area contributed by atoms with Gasteiger partial charge in [0.25, 0.3) is 0 Å². The molecule has 0 atom stereocenters. The Hall–Kier alpha value is -3.02. The second-order valence-electron chi connectivity index (χ2n) is 4.70. The molecule has 0 fully saturated rings. The van der Waals surface area contributed by atoms with Gasteiger partial charge in [-0.05, 0) is 50.3 Å². The zero-order valence-electron chi connectivity index (χ0n) is 13.6. The maximum absolute atomic E-state index is 12.0. The Kier molecular flexibility index (Phi) is 6.19. The summed E-state index contributed by atoms with van der Waals surface area (Å²) in [6, 6.07) is 8.21. The minimum Gasteiger partial charge on any atom is -0.492 e. The Bertz CT molecular complexity index is 719. The fraction of sp³-hybridized carbons (Fsp3) is 0.222. The Morgan fingerprint density at radius 1 is 1.21 bits per heavy atom. The van der Waals surface area contributed by atoms with Gasteiger partial charge in [0.2, 0.25) is 5.91 Å². The molecule has 6 heteroatoms. The molecule has 2 rings (SSSR count). The molecule has 1 heterocycles. The number of nitrogens with one attached hydrogen (secondary N) is 1. The van der Waals surface area contributed by atoms with E-state index in [9.17, 15) is 9.59 Å². The van der Waals surface area contributed by atoms with Crippen LogP contribution in [0.25, 0.3) is 6.08 Å². The van der Waals surface area contributed by atoms with Gasteiger partial charge in [-0.15, -0.1) is 0 Å². The largest absolute Gasteiger partial charge is 0.492 e. The van der Waals surface area contributed by atoms with Crippen molar-refractivity contribution in [3.8, 4) is 5.75 Å². The quantitative estimate of drug-likeness (QED) is 0.621. The van der Waals surface area contributed by atoms with E-state index in [0.29, 0.717) is 36.0 Å². The van der Waals surface area contributed by atoms with Crippen molar-refractivity contribution in [1.29, 1.82) is 0 Å². The molecule has 0 bridgehead atoms. The number of anilines is 1. The molecule has 1 aromatic heterocycles. The van der Waals surface area contributed by atoms with Gasteiger partial charge in [0.1, 0.15) is 11.5 Å². The van der Waals surface area contributed by atoms with Crippen molar-refractivity contribution >= 4 is 23.6 Å². The number of esters is 1. The van der Waals surface area contributed by atoms with Crippen LogP contribution in [-0.2, 0) is 9.53 Å². The highest BCUT2D eigenvalue weighted by Crippen LogP contribution is 2.26. The molecule has 0 aliphatic heterocycles. The van der Waals surface area contributed by atoms with Gasteiger partial charge < -0.3 is 19.2 Å². The molecule has 2 aromatic rings. The van der Waals surface area contributed by atoms with E-state index in [1.807, 2.05) is 6.92 Å². The first kappa shape index (κ1) is 17.3. The second-order valence-corrected chi connectivity index (χ2v) is 4.70. The molecular weight excluding hydrogens is 310 g/mol. The highest BCUT2D eigenvalue weighted by molar-refractivity contribution is 6.03. The van der Waals surface area contributed by atoms with Crippen LogP contribution in [0.1, 0.15) is 30.0 Å². The van der Waals surface area contributed by atoms with Crippen molar-refractivity contribution in [2.24, 2.45) is 0 Å². The van der Waals surface area contributed by atoms with Crippen LogP contribution < -0.4 is 10.1 Å². The Labute approximate surface area is 140 Å². The maximum atomic E-state index is 12.0. The molecule has 0 aliphatic rings. The summed E-state index contributed by atoms with van der Waals surface area (Å²) >= 11 is 0. The molecule has 0 aliphatic carbocycles. The molecule has 1 aromatic carbocycles. The number of hydrogen-bond donors (Lipinski definition) is 1. The van der Waals surface area contributed by atoms with E-state index in [1.54, 1.807) is 43.3 Å².